The van der Waals surface area contributed by atoms with Crippen LogP contribution in [0.4, 0.5) is 10.2 Å². The van der Waals surface area contributed by atoms with E-state index in [1.54, 1.807) is 24.4 Å². The largest absolute Gasteiger partial charge is 0.310 e. The molecule has 0 spiro atoms. The number of nitrogens with zero attached hydrogens (tertiary/aromatic N) is 1. The Bertz CT molecular complexity index is 562. The molecule has 0 radical (unpaired) electrons. The van der Waals surface area contributed by atoms with Crippen LogP contribution < -0.4 is 5.32 Å². The van der Waals surface area contributed by atoms with Crippen LogP contribution in [0, 0.1) is 11.7 Å². The quantitative estimate of drug-likeness (QED) is 0.915. The fraction of sp³-hybridized carbons (Fsp3) is 0.200. The molecular formula is C15H15FN2O. The summed E-state index contributed by atoms with van der Waals surface area (Å²) in [5.41, 5.74) is 1.76. The average molecular weight is 258 g/mol. The summed E-state index contributed by atoms with van der Waals surface area (Å²) in [6, 6.07) is 9.78. The van der Waals surface area contributed by atoms with Crippen LogP contribution in [-0.4, -0.2) is 10.9 Å². The molecule has 1 heterocycles. The summed E-state index contributed by atoms with van der Waals surface area (Å²) in [5, 5.41) is 2.72. The lowest BCUT2D eigenvalue weighted by atomic mass is 10.1. The van der Waals surface area contributed by atoms with Gasteiger partial charge in [0.05, 0.1) is 0 Å². The zero-order valence-corrected chi connectivity index (χ0v) is 10.9. The van der Waals surface area contributed by atoms with Crippen molar-refractivity contribution >= 4 is 11.7 Å². The van der Waals surface area contributed by atoms with Crippen molar-refractivity contribution in [1.82, 2.24) is 4.98 Å². The highest BCUT2D eigenvalue weighted by Crippen LogP contribution is 2.20. The minimum atomic E-state index is -0.266. The van der Waals surface area contributed by atoms with Gasteiger partial charge in [0.15, 0.2) is 0 Å². The van der Waals surface area contributed by atoms with Crippen LogP contribution in [0.3, 0.4) is 0 Å². The summed E-state index contributed by atoms with van der Waals surface area (Å²) in [4.78, 5) is 15.7. The van der Waals surface area contributed by atoms with Crippen LogP contribution in [0.1, 0.15) is 13.8 Å². The molecule has 0 aliphatic heterocycles. The number of anilines is 1. The van der Waals surface area contributed by atoms with E-state index in [1.807, 2.05) is 19.9 Å². The van der Waals surface area contributed by atoms with E-state index >= 15 is 0 Å². The monoisotopic (exact) mass is 258 g/mol. The summed E-state index contributed by atoms with van der Waals surface area (Å²) in [5.74, 6) is 0.0997. The lowest BCUT2D eigenvalue weighted by Gasteiger charge is -2.07. The van der Waals surface area contributed by atoms with Gasteiger partial charge in [-0.3, -0.25) is 4.79 Å². The van der Waals surface area contributed by atoms with E-state index in [9.17, 15) is 9.18 Å². The van der Waals surface area contributed by atoms with Crippen LogP contribution in [0.5, 0.6) is 0 Å². The Morgan fingerprint density at radius 3 is 2.26 bits per heavy atom. The summed E-state index contributed by atoms with van der Waals surface area (Å²) in [6.45, 7) is 3.64. The van der Waals surface area contributed by atoms with Crippen molar-refractivity contribution in [3.8, 4) is 11.1 Å². The van der Waals surface area contributed by atoms with Crippen molar-refractivity contribution in [2.24, 2.45) is 5.92 Å². The van der Waals surface area contributed by atoms with Gasteiger partial charge in [0, 0.05) is 17.7 Å². The zero-order valence-electron chi connectivity index (χ0n) is 10.9. The normalized spacial score (nSPS) is 10.5. The maximum Gasteiger partial charge on any atom is 0.228 e. The lowest BCUT2D eigenvalue weighted by molar-refractivity contribution is -0.118. The van der Waals surface area contributed by atoms with Gasteiger partial charge in [0.1, 0.15) is 11.6 Å². The summed E-state index contributed by atoms with van der Waals surface area (Å²) < 4.78 is 12.8. The van der Waals surface area contributed by atoms with E-state index < -0.39 is 0 Å². The molecule has 0 unspecified atom stereocenters. The fourth-order valence-electron chi connectivity index (χ4n) is 1.55. The Morgan fingerprint density at radius 2 is 1.74 bits per heavy atom. The van der Waals surface area contributed by atoms with Gasteiger partial charge >= 0.3 is 0 Å². The van der Waals surface area contributed by atoms with Gasteiger partial charge in [-0.1, -0.05) is 26.0 Å². The SMILES string of the molecule is CC(C)C(=O)Nc1ccc(-c2ccc(F)cc2)cn1. The van der Waals surface area contributed by atoms with Gasteiger partial charge in [0.2, 0.25) is 5.91 Å². The third-order valence-electron chi connectivity index (χ3n) is 2.72. The maximum absolute atomic E-state index is 12.8. The summed E-state index contributed by atoms with van der Waals surface area (Å²) in [7, 11) is 0. The third-order valence-corrected chi connectivity index (χ3v) is 2.72. The molecule has 0 fully saturated rings. The molecule has 2 aromatic rings. The molecular weight excluding hydrogens is 243 g/mol. The molecule has 0 saturated heterocycles. The smallest absolute Gasteiger partial charge is 0.228 e. The van der Waals surface area contributed by atoms with Crippen LogP contribution in [0.25, 0.3) is 11.1 Å². The van der Waals surface area contributed by atoms with Crippen molar-refractivity contribution in [3.63, 3.8) is 0 Å². The van der Waals surface area contributed by atoms with Crippen LogP contribution in [-0.2, 0) is 4.79 Å². The topological polar surface area (TPSA) is 42.0 Å². The molecule has 1 N–H and O–H groups in total. The first kappa shape index (κ1) is 13.2. The maximum atomic E-state index is 12.8. The van der Waals surface area contributed by atoms with E-state index in [-0.39, 0.29) is 17.6 Å². The minimum Gasteiger partial charge on any atom is -0.310 e. The summed E-state index contributed by atoms with van der Waals surface area (Å²) >= 11 is 0. The molecule has 2 rings (SSSR count). The third kappa shape index (κ3) is 3.37. The Kier molecular flexibility index (Phi) is 3.90. The number of pyridine rings is 1. The van der Waals surface area contributed by atoms with E-state index in [1.165, 1.54) is 12.1 Å². The van der Waals surface area contributed by atoms with Gasteiger partial charge in [0.25, 0.3) is 0 Å². The van der Waals surface area contributed by atoms with E-state index in [4.69, 9.17) is 0 Å². The Balaban J connectivity index is 2.14. The molecule has 1 aromatic heterocycles. The van der Waals surface area contributed by atoms with Gasteiger partial charge in [-0.2, -0.15) is 0 Å². The predicted octanol–water partition coefficient (Wildman–Crippen LogP) is 3.48. The highest BCUT2D eigenvalue weighted by atomic mass is 19.1. The Labute approximate surface area is 111 Å². The van der Waals surface area contributed by atoms with E-state index in [0.29, 0.717) is 5.82 Å². The first-order valence-corrected chi connectivity index (χ1v) is 6.09. The number of hydrogen-bond acceptors (Lipinski definition) is 2. The molecule has 0 aliphatic carbocycles. The predicted molar refractivity (Wildman–Crippen MR) is 73.1 cm³/mol. The first-order chi connectivity index (χ1) is 9.06. The minimum absolute atomic E-state index is 0.0676. The standard InChI is InChI=1S/C15H15FN2O/c1-10(2)15(19)18-14-8-5-12(9-17-14)11-3-6-13(16)7-4-11/h3-10H,1-2H3,(H,17,18,19). The Morgan fingerprint density at radius 1 is 1.11 bits per heavy atom. The van der Waals surface area contributed by atoms with Crippen LogP contribution >= 0.6 is 0 Å². The highest BCUT2D eigenvalue weighted by molar-refractivity contribution is 5.91. The average Bonchev–Trinajstić information content (AvgIpc) is 2.40. The van der Waals surface area contributed by atoms with Crippen LogP contribution in [0.2, 0.25) is 0 Å². The number of carbonyl (C=O) groups is 1. The van der Waals surface area contributed by atoms with Gasteiger partial charge < -0.3 is 5.32 Å². The molecule has 98 valence electrons. The molecule has 3 nitrogen and oxygen atoms in total. The molecule has 0 atom stereocenters. The zero-order chi connectivity index (χ0) is 13.8. The van der Waals surface area contributed by atoms with Crippen molar-refractivity contribution in [3.05, 3.63) is 48.4 Å². The second-order valence-electron chi connectivity index (χ2n) is 4.58. The number of halogens is 1. The summed E-state index contributed by atoms with van der Waals surface area (Å²) in [6.07, 6.45) is 1.66. The lowest BCUT2D eigenvalue weighted by Crippen LogP contribution is -2.18. The number of benzene rings is 1. The Hall–Kier alpha value is -2.23. The van der Waals surface area contributed by atoms with Gasteiger partial charge in [-0.05, 0) is 29.8 Å². The number of nitrogens with one attached hydrogen (secondary N) is 1. The van der Waals surface area contributed by atoms with Crippen molar-refractivity contribution in [2.75, 3.05) is 5.32 Å². The van der Waals surface area contributed by atoms with Gasteiger partial charge in [-0.25, -0.2) is 9.37 Å². The second kappa shape index (κ2) is 5.61. The van der Waals surface area contributed by atoms with Crippen molar-refractivity contribution in [2.45, 2.75) is 13.8 Å². The first-order valence-electron chi connectivity index (χ1n) is 6.09. The van der Waals surface area contributed by atoms with Crippen molar-refractivity contribution in [1.29, 1.82) is 0 Å². The second-order valence-corrected chi connectivity index (χ2v) is 4.58. The highest BCUT2D eigenvalue weighted by Gasteiger charge is 2.07. The molecule has 19 heavy (non-hydrogen) atoms. The number of hydrogen-bond donors (Lipinski definition) is 1. The van der Waals surface area contributed by atoms with E-state index in [2.05, 4.69) is 10.3 Å². The molecule has 4 heteroatoms. The molecule has 0 bridgehead atoms. The number of carbonyl (C=O) groups excluding carboxylic acids is 1. The van der Waals surface area contributed by atoms with E-state index in [0.717, 1.165) is 11.1 Å². The number of aromatic nitrogens is 1. The molecule has 1 amide bonds. The van der Waals surface area contributed by atoms with Crippen LogP contribution in [0.15, 0.2) is 42.6 Å². The number of rotatable bonds is 3. The van der Waals surface area contributed by atoms with Crippen molar-refractivity contribution < 1.29 is 9.18 Å². The van der Waals surface area contributed by atoms with Gasteiger partial charge in [-0.15, -0.1) is 0 Å². The molecule has 0 aliphatic rings. The molecule has 0 saturated carbocycles. The fourth-order valence-corrected chi connectivity index (χ4v) is 1.55. The number of amides is 1. The molecule has 1 aromatic carbocycles.